The predicted octanol–water partition coefficient (Wildman–Crippen LogP) is 2.51. The Labute approximate surface area is 176 Å². The van der Waals surface area contributed by atoms with Crippen LogP contribution in [-0.4, -0.2) is 53.4 Å². The van der Waals surface area contributed by atoms with Gasteiger partial charge in [-0.1, -0.05) is 29.8 Å². The van der Waals surface area contributed by atoms with Crippen LogP contribution in [0.1, 0.15) is 6.42 Å². The molecule has 156 valence electrons. The number of amides is 1. The number of rotatable bonds is 7. The van der Waals surface area contributed by atoms with Crippen molar-refractivity contribution < 1.29 is 17.9 Å². The highest BCUT2D eigenvalue weighted by Crippen LogP contribution is 2.37. The normalized spacial score (nSPS) is 16.0. The molecule has 1 N–H and O–H groups in total. The fourth-order valence-electron chi connectivity index (χ4n) is 3.13. The first-order valence-corrected chi connectivity index (χ1v) is 11.5. The number of fused-ring (bicyclic) bond motifs is 1. The van der Waals surface area contributed by atoms with E-state index in [0.717, 1.165) is 29.2 Å². The molecule has 0 unspecified atom stereocenters. The van der Waals surface area contributed by atoms with Crippen LogP contribution in [0.4, 0.5) is 11.4 Å². The minimum atomic E-state index is -3.58. The number of para-hydroxylation sites is 1. The Morgan fingerprint density at radius 2 is 2.00 bits per heavy atom. The first-order chi connectivity index (χ1) is 13.8. The molecule has 0 saturated carbocycles. The second-order valence-electron chi connectivity index (χ2n) is 6.91. The van der Waals surface area contributed by atoms with E-state index in [1.165, 1.54) is 6.07 Å². The Morgan fingerprint density at radius 1 is 1.28 bits per heavy atom. The van der Waals surface area contributed by atoms with Gasteiger partial charge < -0.3 is 15.0 Å². The molecule has 0 aliphatic carbocycles. The maximum absolute atomic E-state index is 12.6. The van der Waals surface area contributed by atoms with Gasteiger partial charge in [0.15, 0.2) is 6.10 Å². The van der Waals surface area contributed by atoms with Gasteiger partial charge in [-0.25, -0.2) is 8.42 Å². The zero-order valence-corrected chi connectivity index (χ0v) is 17.9. The van der Waals surface area contributed by atoms with Crippen LogP contribution >= 0.6 is 11.6 Å². The summed E-state index contributed by atoms with van der Waals surface area (Å²) in [5.41, 5.74) is 1.45. The molecule has 0 aromatic heterocycles. The number of hydrogen-bond acceptors (Lipinski definition) is 5. The lowest BCUT2D eigenvalue weighted by atomic mass is 10.2. The molecule has 7 nitrogen and oxygen atoms in total. The van der Waals surface area contributed by atoms with Crippen LogP contribution in [0.15, 0.2) is 48.5 Å². The molecule has 2 aromatic carbocycles. The number of hydrogen-bond donors (Lipinski definition) is 1. The van der Waals surface area contributed by atoms with E-state index in [4.69, 9.17) is 16.3 Å². The third-order valence-corrected chi connectivity index (χ3v) is 6.03. The van der Waals surface area contributed by atoms with E-state index in [-0.39, 0.29) is 12.5 Å². The molecular formula is C20H24ClN3O4S. The van der Waals surface area contributed by atoms with Crippen molar-refractivity contribution in [2.24, 2.45) is 0 Å². The number of ether oxygens (including phenoxy) is 1. The topological polar surface area (TPSA) is 79.0 Å². The van der Waals surface area contributed by atoms with Crippen LogP contribution in [0.5, 0.6) is 5.75 Å². The third kappa shape index (κ3) is 5.33. The van der Waals surface area contributed by atoms with E-state index in [1.54, 1.807) is 12.1 Å². The second-order valence-corrected chi connectivity index (χ2v) is 9.26. The van der Waals surface area contributed by atoms with Crippen LogP contribution in [-0.2, 0) is 14.8 Å². The molecule has 2 aromatic rings. The van der Waals surface area contributed by atoms with Gasteiger partial charge in [-0.3, -0.25) is 9.10 Å². The summed E-state index contributed by atoms with van der Waals surface area (Å²) in [4.78, 5) is 14.7. The molecule has 0 spiro atoms. The van der Waals surface area contributed by atoms with Gasteiger partial charge in [-0.05, 0) is 36.8 Å². The Morgan fingerprint density at radius 3 is 2.69 bits per heavy atom. The van der Waals surface area contributed by atoms with Crippen molar-refractivity contribution >= 4 is 38.9 Å². The summed E-state index contributed by atoms with van der Waals surface area (Å²) >= 11 is 5.98. The van der Waals surface area contributed by atoms with Gasteiger partial charge in [0.05, 0.1) is 18.5 Å². The maximum atomic E-state index is 12.6. The lowest BCUT2D eigenvalue weighted by molar-refractivity contribution is -0.127. The Kier molecular flexibility index (Phi) is 6.54. The van der Waals surface area contributed by atoms with Crippen LogP contribution in [0.2, 0.25) is 5.02 Å². The van der Waals surface area contributed by atoms with Gasteiger partial charge in [0.1, 0.15) is 5.75 Å². The fraction of sp³-hybridized carbons (Fsp3) is 0.350. The zero-order chi connectivity index (χ0) is 21.0. The van der Waals surface area contributed by atoms with Gasteiger partial charge in [0, 0.05) is 30.8 Å². The van der Waals surface area contributed by atoms with Crippen molar-refractivity contribution in [3.05, 3.63) is 53.6 Å². The van der Waals surface area contributed by atoms with E-state index in [0.29, 0.717) is 23.0 Å². The maximum Gasteiger partial charge on any atom is 0.263 e. The van der Waals surface area contributed by atoms with Crippen molar-refractivity contribution in [3.8, 4) is 5.75 Å². The largest absolute Gasteiger partial charge is 0.476 e. The Balaban J connectivity index is 1.58. The molecule has 1 aliphatic heterocycles. The number of carbonyl (C=O) groups excluding carboxylic acids is 1. The lowest BCUT2D eigenvalue weighted by Crippen LogP contribution is -2.50. The molecule has 0 radical (unpaired) electrons. The standard InChI is InChI=1S/C20H24ClN3O4S/c1-23(16-7-4-3-5-8-16)12-6-11-22-20(25)19-14-24(29(2,26)27)17-13-15(21)9-10-18(17)28-19/h3-5,7-10,13,19H,6,11-12,14H2,1-2H3,(H,22,25)/t19-/m0/s1. The first kappa shape index (κ1) is 21.3. The monoisotopic (exact) mass is 437 g/mol. The summed E-state index contributed by atoms with van der Waals surface area (Å²) in [6, 6.07) is 14.7. The summed E-state index contributed by atoms with van der Waals surface area (Å²) in [6.07, 6.45) is 0.911. The highest BCUT2D eigenvalue weighted by Gasteiger charge is 2.35. The SMILES string of the molecule is CN(CCCNC(=O)[C@@H]1CN(S(C)(=O)=O)c2cc(Cl)ccc2O1)c1ccccc1. The molecule has 1 aliphatic rings. The predicted molar refractivity (Wildman–Crippen MR) is 115 cm³/mol. The minimum absolute atomic E-state index is 0.0953. The van der Waals surface area contributed by atoms with Crippen molar-refractivity contribution in [2.45, 2.75) is 12.5 Å². The summed E-state index contributed by atoms with van der Waals surface area (Å²) in [5.74, 6) is -0.0309. The quantitative estimate of drug-likeness (QED) is 0.673. The average molecular weight is 438 g/mol. The number of sulfonamides is 1. The van der Waals surface area contributed by atoms with Crippen molar-refractivity contribution in [1.29, 1.82) is 0 Å². The first-order valence-electron chi connectivity index (χ1n) is 9.23. The highest BCUT2D eigenvalue weighted by atomic mass is 35.5. The van der Waals surface area contributed by atoms with E-state index in [9.17, 15) is 13.2 Å². The molecule has 3 rings (SSSR count). The van der Waals surface area contributed by atoms with Crippen LogP contribution < -0.4 is 19.3 Å². The Bertz CT molecular complexity index is 969. The number of nitrogens with zero attached hydrogens (tertiary/aromatic N) is 2. The zero-order valence-electron chi connectivity index (χ0n) is 16.3. The van der Waals surface area contributed by atoms with Gasteiger partial charge in [0.2, 0.25) is 10.0 Å². The molecular weight excluding hydrogens is 414 g/mol. The number of halogens is 1. The van der Waals surface area contributed by atoms with Gasteiger partial charge in [-0.2, -0.15) is 0 Å². The average Bonchev–Trinajstić information content (AvgIpc) is 2.70. The molecule has 9 heteroatoms. The van der Waals surface area contributed by atoms with Gasteiger partial charge in [0.25, 0.3) is 5.91 Å². The molecule has 0 bridgehead atoms. The van der Waals surface area contributed by atoms with Gasteiger partial charge in [-0.15, -0.1) is 0 Å². The van der Waals surface area contributed by atoms with Crippen molar-refractivity contribution in [1.82, 2.24) is 5.32 Å². The molecule has 29 heavy (non-hydrogen) atoms. The molecule has 0 saturated heterocycles. The van der Waals surface area contributed by atoms with Crippen LogP contribution in [0, 0.1) is 0 Å². The smallest absolute Gasteiger partial charge is 0.263 e. The van der Waals surface area contributed by atoms with Crippen molar-refractivity contribution in [3.63, 3.8) is 0 Å². The van der Waals surface area contributed by atoms with E-state index in [2.05, 4.69) is 10.2 Å². The van der Waals surface area contributed by atoms with Crippen molar-refractivity contribution in [2.75, 3.05) is 42.1 Å². The molecule has 0 fully saturated rings. The van der Waals surface area contributed by atoms with Crippen LogP contribution in [0.3, 0.4) is 0 Å². The van der Waals surface area contributed by atoms with E-state index < -0.39 is 16.1 Å². The third-order valence-electron chi connectivity index (χ3n) is 4.65. The number of benzene rings is 2. The van der Waals surface area contributed by atoms with E-state index >= 15 is 0 Å². The summed E-state index contributed by atoms with van der Waals surface area (Å²) in [6.45, 7) is 1.14. The summed E-state index contributed by atoms with van der Waals surface area (Å²) in [7, 11) is -1.59. The number of anilines is 2. The lowest BCUT2D eigenvalue weighted by Gasteiger charge is -2.34. The highest BCUT2D eigenvalue weighted by molar-refractivity contribution is 7.92. The van der Waals surface area contributed by atoms with Gasteiger partial charge >= 0.3 is 0 Å². The van der Waals surface area contributed by atoms with Crippen LogP contribution in [0.25, 0.3) is 0 Å². The molecule has 1 heterocycles. The second kappa shape index (κ2) is 8.92. The molecule has 1 atom stereocenters. The fourth-order valence-corrected chi connectivity index (χ4v) is 4.20. The van der Waals surface area contributed by atoms with E-state index in [1.807, 2.05) is 37.4 Å². The minimum Gasteiger partial charge on any atom is -0.476 e. The number of nitrogens with one attached hydrogen (secondary N) is 1. The Hall–Kier alpha value is -2.45. The number of carbonyl (C=O) groups is 1. The summed E-state index contributed by atoms with van der Waals surface area (Å²) < 4.78 is 31.3. The molecule has 1 amide bonds. The summed E-state index contributed by atoms with van der Waals surface area (Å²) in [5, 5.41) is 3.23.